The molecule has 8 nitrogen and oxygen atoms in total. The zero-order chi connectivity index (χ0) is 26.2. The van der Waals surface area contributed by atoms with Crippen molar-refractivity contribution in [3.8, 4) is 5.75 Å². The van der Waals surface area contributed by atoms with E-state index >= 15 is 0 Å². The van der Waals surface area contributed by atoms with Gasteiger partial charge < -0.3 is 25.4 Å². The average molecular weight is 502 g/mol. The molecule has 1 aliphatic heterocycles. The molecular weight excluding hydrogens is 470 g/mol. The first-order chi connectivity index (χ1) is 17.9. The minimum atomic E-state index is -0.831. The number of carbonyl (C=O) groups excluding carboxylic acids is 3. The Morgan fingerprint density at radius 1 is 1.00 bits per heavy atom. The van der Waals surface area contributed by atoms with E-state index in [-0.39, 0.29) is 24.1 Å². The molecule has 1 unspecified atom stereocenters. The second-order valence-electron chi connectivity index (χ2n) is 9.10. The van der Waals surface area contributed by atoms with E-state index in [9.17, 15) is 19.5 Å². The van der Waals surface area contributed by atoms with Crippen LogP contribution in [0, 0.1) is 0 Å². The fourth-order valence-electron chi connectivity index (χ4n) is 4.63. The largest absolute Gasteiger partial charge is 0.508 e. The first kappa shape index (κ1) is 25.8. The number of nitrogens with one attached hydrogen (secondary N) is 2. The van der Waals surface area contributed by atoms with Gasteiger partial charge in [-0.05, 0) is 48.1 Å². The number of carbonyl (C=O) groups is 3. The smallest absolute Gasteiger partial charge is 0.319 e. The van der Waals surface area contributed by atoms with Gasteiger partial charge in [0, 0.05) is 24.3 Å². The fraction of sp³-hybridized carbons (Fsp3) is 0.276. The van der Waals surface area contributed by atoms with Crippen molar-refractivity contribution >= 4 is 23.6 Å². The van der Waals surface area contributed by atoms with Crippen molar-refractivity contribution in [3.05, 3.63) is 95.6 Å². The molecule has 0 saturated carbocycles. The highest BCUT2D eigenvalue weighted by Gasteiger charge is 2.35. The summed E-state index contributed by atoms with van der Waals surface area (Å²) in [4.78, 5) is 40.7. The summed E-state index contributed by atoms with van der Waals surface area (Å²) < 4.78 is 4.90. The Kier molecular flexibility index (Phi) is 8.40. The second-order valence-corrected chi connectivity index (χ2v) is 9.10. The van der Waals surface area contributed by atoms with Gasteiger partial charge in [0.25, 0.3) is 0 Å². The molecule has 192 valence electrons. The number of amides is 3. The minimum Gasteiger partial charge on any atom is -0.508 e. The number of methoxy groups -OCH3 is 1. The quantitative estimate of drug-likeness (QED) is 0.404. The van der Waals surface area contributed by atoms with Crippen LogP contribution in [0.25, 0.3) is 0 Å². The summed E-state index contributed by atoms with van der Waals surface area (Å²) in [5.41, 5.74) is 3.56. The highest BCUT2D eigenvalue weighted by molar-refractivity contribution is 5.94. The lowest BCUT2D eigenvalue weighted by atomic mass is 9.91. The Morgan fingerprint density at radius 3 is 2.46 bits per heavy atom. The number of ether oxygens (including phenoxy) is 1. The lowest BCUT2D eigenvalue weighted by molar-refractivity contribution is -0.145. The summed E-state index contributed by atoms with van der Waals surface area (Å²) in [7, 11) is 1.33. The van der Waals surface area contributed by atoms with E-state index in [0.717, 1.165) is 16.7 Å². The number of urea groups is 1. The van der Waals surface area contributed by atoms with E-state index in [1.807, 2.05) is 54.6 Å². The maximum Gasteiger partial charge on any atom is 0.319 e. The predicted octanol–water partition coefficient (Wildman–Crippen LogP) is 4.03. The van der Waals surface area contributed by atoms with Gasteiger partial charge in [0.15, 0.2) is 0 Å². The van der Waals surface area contributed by atoms with E-state index in [1.165, 1.54) is 19.2 Å². The average Bonchev–Trinajstić information content (AvgIpc) is 2.90. The van der Waals surface area contributed by atoms with E-state index in [2.05, 4.69) is 10.6 Å². The van der Waals surface area contributed by atoms with Crippen molar-refractivity contribution in [2.24, 2.45) is 0 Å². The first-order valence-corrected chi connectivity index (χ1v) is 12.3. The molecule has 3 aromatic carbocycles. The SMILES string of the molecule is COC(=O)C[C@H]1Cc2ccccc2CN1C(=O)C(CCc1ccccc1)NC(=O)Nc1cccc(O)c1. The molecule has 4 rings (SSSR count). The van der Waals surface area contributed by atoms with E-state index in [4.69, 9.17) is 4.74 Å². The van der Waals surface area contributed by atoms with Crippen molar-refractivity contribution in [2.45, 2.75) is 44.3 Å². The number of aryl methyl sites for hydroxylation is 1. The van der Waals surface area contributed by atoms with Gasteiger partial charge in [-0.1, -0.05) is 60.7 Å². The van der Waals surface area contributed by atoms with Crippen LogP contribution in [0.4, 0.5) is 10.5 Å². The topological polar surface area (TPSA) is 108 Å². The Labute approximate surface area is 216 Å². The highest BCUT2D eigenvalue weighted by Crippen LogP contribution is 2.27. The van der Waals surface area contributed by atoms with Gasteiger partial charge in [-0.3, -0.25) is 9.59 Å². The van der Waals surface area contributed by atoms with Crippen LogP contribution in [0.2, 0.25) is 0 Å². The molecule has 37 heavy (non-hydrogen) atoms. The minimum absolute atomic E-state index is 0.0205. The zero-order valence-electron chi connectivity index (χ0n) is 20.7. The third-order valence-corrected chi connectivity index (χ3v) is 6.54. The molecule has 3 amide bonds. The Morgan fingerprint density at radius 2 is 1.73 bits per heavy atom. The molecular formula is C29H31N3O5. The molecule has 0 aliphatic carbocycles. The number of rotatable bonds is 8. The number of nitrogens with zero attached hydrogens (tertiary/aromatic N) is 1. The molecule has 0 fully saturated rings. The predicted molar refractivity (Wildman–Crippen MR) is 140 cm³/mol. The number of phenols is 1. The van der Waals surface area contributed by atoms with Gasteiger partial charge in [-0.25, -0.2) is 4.79 Å². The summed E-state index contributed by atoms with van der Waals surface area (Å²) in [6.07, 6.45) is 1.55. The summed E-state index contributed by atoms with van der Waals surface area (Å²) in [6.45, 7) is 0.342. The van der Waals surface area contributed by atoms with Crippen molar-refractivity contribution < 1.29 is 24.2 Å². The van der Waals surface area contributed by atoms with Crippen LogP contribution in [0.5, 0.6) is 5.75 Å². The number of esters is 1. The number of anilines is 1. The molecule has 3 N–H and O–H groups in total. The summed E-state index contributed by atoms with van der Waals surface area (Å²) >= 11 is 0. The van der Waals surface area contributed by atoms with E-state index in [1.54, 1.807) is 17.0 Å². The molecule has 2 atom stereocenters. The number of aromatic hydroxyl groups is 1. The molecule has 1 heterocycles. The van der Waals surface area contributed by atoms with Crippen LogP contribution >= 0.6 is 0 Å². The fourth-order valence-corrected chi connectivity index (χ4v) is 4.63. The number of hydrogen-bond donors (Lipinski definition) is 3. The Hall–Kier alpha value is -4.33. The van der Waals surface area contributed by atoms with Crippen LogP contribution < -0.4 is 10.6 Å². The Balaban J connectivity index is 1.56. The van der Waals surface area contributed by atoms with Crippen LogP contribution in [0.15, 0.2) is 78.9 Å². The van der Waals surface area contributed by atoms with Crippen molar-refractivity contribution in [1.82, 2.24) is 10.2 Å². The molecule has 0 spiro atoms. The van der Waals surface area contributed by atoms with Gasteiger partial charge in [0.2, 0.25) is 5.91 Å². The van der Waals surface area contributed by atoms with Crippen molar-refractivity contribution in [1.29, 1.82) is 0 Å². The maximum absolute atomic E-state index is 13.9. The standard InChI is InChI=1S/C29H31N3O5/c1-37-27(34)18-24-16-21-10-5-6-11-22(21)19-32(24)28(35)26(15-14-20-8-3-2-4-9-20)31-29(36)30-23-12-7-13-25(33)17-23/h2-13,17,24,26,33H,14-16,18-19H2,1H3,(H2,30,31,36)/t24-,26?/m1/s1. The monoisotopic (exact) mass is 501 g/mol. The van der Waals surface area contributed by atoms with Gasteiger partial charge in [-0.2, -0.15) is 0 Å². The van der Waals surface area contributed by atoms with E-state index in [0.29, 0.717) is 31.5 Å². The molecule has 0 aromatic heterocycles. The summed E-state index contributed by atoms with van der Waals surface area (Å²) in [6, 6.07) is 22.0. The van der Waals surface area contributed by atoms with Crippen LogP contribution in [0.3, 0.4) is 0 Å². The third kappa shape index (κ3) is 6.88. The highest BCUT2D eigenvalue weighted by atomic mass is 16.5. The van der Waals surface area contributed by atoms with Gasteiger partial charge in [0.1, 0.15) is 11.8 Å². The maximum atomic E-state index is 13.9. The van der Waals surface area contributed by atoms with E-state index < -0.39 is 18.0 Å². The zero-order valence-corrected chi connectivity index (χ0v) is 20.7. The molecule has 0 radical (unpaired) electrons. The van der Waals surface area contributed by atoms with Crippen molar-refractivity contribution in [2.75, 3.05) is 12.4 Å². The molecule has 1 aliphatic rings. The number of fused-ring (bicyclic) bond motifs is 1. The molecule has 3 aromatic rings. The van der Waals surface area contributed by atoms with Gasteiger partial charge in [-0.15, -0.1) is 0 Å². The van der Waals surface area contributed by atoms with Crippen LogP contribution in [-0.2, 0) is 33.7 Å². The number of hydrogen-bond acceptors (Lipinski definition) is 5. The normalized spacial score (nSPS) is 15.3. The Bertz CT molecular complexity index is 1250. The van der Waals surface area contributed by atoms with Crippen LogP contribution in [-0.4, -0.2) is 47.1 Å². The summed E-state index contributed by atoms with van der Waals surface area (Å²) in [5, 5.41) is 15.2. The molecule has 8 heteroatoms. The van der Waals surface area contributed by atoms with Gasteiger partial charge in [0.05, 0.1) is 13.5 Å². The number of phenolic OH excluding ortho intramolecular Hbond substituents is 1. The lowest BCUT2D eigenvalue weighted by Crippen LogP contribution is -2.54. The third-order valence-electron chi connectivity index (χ3n) is 6.54. The first-order valence-electron chi connectivity index (χ1n) is 12.3. The molecule has 0 saturated heterocycles. The molecule has 0 bridgehead atoms. The number of benzene rings is 3. The second kappa shape index (κ2) is 12.1. The lowest BCUT2D eigenvalue weighted by Gasteiger charge is -2.38. The summed E-state index contributed by atoms with van der Waals surface area (Å²) in [5.74, 6) is -0.630. The van der Waals surface area contributed by atoms with Crippen molar-refractivity contribution in [3.63, 3.8) is 0 Å². The van der Waals surface area contributed by atoms with Crippen LogP contribution in [0.1, 0.15) is 29.5 Å². The van der Waals surface area contributed by atoms with Gasteiger partial charge >= 0.3 is 12.0 Å².